The number of esters is 1. The second kappa shape index (κ2) is 8.50. The van der Waals surface area contributed by atoms with E-state index in [1.807, 2.05) is 0 Å². The predicted molar refractivity (Wildman–Crippen MR) is 114 cm³/mol. The van der Waals surface area contributed by atoms with Crippen molar-refractivity contribution >= 4 is 51.3 Å². The van der Waals surface area contributed by atoms with Gasteiger partial charge < -0.3 is 14.6 Å². The first-order chi connectivity index (χ1) is 14.2. The van der Waals surface area contributed by atoms with E-state index in [2.05, 4.69) is 21.0 Å². The molecule has 1 amide bonds. The van der Waals surface area contributed by atoms with Crippen molar-refractivity contribution in [3.63, 3.8) is 0 Å². The first kappa shape index (κ1) is 21.3. The van der Waals surface area contributed by atoms with Crippen LogP contribution in [-0.4, -0.2) is 35.8 Å². The van der Waals surface area contributed by atoms with Crippen LogP contribution in [0.15, 0.2) is 51.5 Å². The van der Waals surface area contributed by atoms with Gasteiger partial charge in [0.25, 0.3) is 5.91 Å². The van der Waals surface area contributed by atoms with Gasteiger partial charge in [-0.1, -0.05) is 15.9 Å². The van der Waals surface area contributed by atoms with Crippen LogP contribution >= 0.6 is 15.9 Å². The Labute approximate surface area is 180 Å². The predicted octanol–water partition coefficient (Wildman–Crippen LogP) is 3.89. The van der Waals surface area contributed by atoms with E-state index < -0.39 is 11.9 Å². The Balaban J connectivity index is 1.95. The van der Waals surface area contributed by atoms with E-state index in [9.17, 15) is 14.4 Å². The molecule has 2 aromatic rings. The minimum Gasteiger partial charge on any atom is -0.493 e. The third kappa shape index (κ3) is 4.25. The number of nitrogens with zero attached hydrogens (tertiary/aromatic N) is 2. The van der Waals surface area contributed by atoms with Crippen molar-refractivity contribution in [2.24, 2.45) is 5.10 Å². The summed E-state index contributed by atoms with van der Waals surface area (Å²) in [5.41, 5.74) is 2.06. The van der Waals surface area contributed by atoms with Crippen LogP contribution in [0.4, 0.5) is 5.69 Å². The third-order valence-electron chi connectivity index (χ3n) is 4.26. The highest BCUT2D eigenvalue weighted by Crippen LogP contribution is 2.35. The number of aromatic carboxylic acids is 1. The molecule has 154 valence electrons. The van der Waals surface area contributed by atoms with Gasteiger partial charge in [0.15, 0.2) is 11.5 Å². The molecule has 9 heteroatoms. The van der Waals surface area contributed by atoms with Crippen LogP contribution in [0.25, 0.3) is 6.08 Å². The van der Waals surface area contributed by atoms with E-state index in [-0.39, 0.29) is 17.2 Å². The Morgan fingerprint density at radius 3 is 2.40 bits per heavy atom. The normalized spacial score (nSPS) is 14.7. The standard InChI is InChI=1S/C21H17BrN2O6/c1-11-16(8-14-9-18(29-3)19(10-17(14)22)30-12(2)25)20(26)24(23-11)15-6-4-13(5-7-15)21(27)28/h4-10H,1-3H3,(H,27,28)/b16-8+. The van der Waals surface area contributed by atoms with Gasteiger partial charge in [0.1, 0.15) is 0 Å². The molecule has 1 N–H and O–H groups in total. The smallest absolute Gasteiger partial charge is 0.335 e. The lowest BCUT2D eigenvalue weighted by Crippen LogP contribution is -2.21. The Kier molecular flexibility index (Phi) is 6.02. The molecule has 2 aromatic carbocycles. The summed E-state index contributed by atoms with van der Waals surface area (Å²) in [6.07, 6.45) is 1.65. The molecular weight excluding hydrogens is 456 g/mol. The van der Waals surface area contributed by atoms with Crippen LogP contribution in [0.1, 0.15) is 29.8 Å². The summed E-state index contributed by atoms with van der Waals surface area (Å²) in [5.74, 6) is -1.30. The number of hydrazone groups is 1. The molecule has 3 rings (SSSR count). The van der Waals surface area contributed by atoms with Gasteiger partial charge >= 0.3 is 11.9 Å². The summed E-state index contributed by atoms with van der Waals surface area (Å²) < 4.78 is 11.0. The van der Waals surface area contributed by atoms with Gasteiger partial charge in [-0.05, 0) is 55.0 Å². The first-order valence-electron chi connectivity index (χ1n) is 8.72. The van der Waals surface area contributed by atoms with Crippen molar-refractivity contribution in [1.29, 1.82) is 0 Å². The van der Waals surface area contributed by atoms with Crippen molar-refractivity contribution in [2.45, 2.75) is 13.8 Å². The van der Waals surface area contributed by atoms with E-state index in [0.717, 1.165) is 0 Å². The first-order valence-corrected chi connectivity index (χ1v) is 9.51. The monoisotopic (exact) mass is 472 g/mol. The fraction of sp³-hybridized carbons (Fsp3) is 0.143. The van der Waals surface area contributed by atoms with Crippen LogP contribution in [-0.2, 0) is 9.59 Å². The van der Waals surface area contributed by atoms with Crippen LogP contribution < -0.4 is 14.5 Å². The zero-order valence-corrected chi connectivity index (χ0v) is 17.9. The largest absolute Gasteiger partial charge is 0.493 e. The van der Waals surface area contributed by atoms with E-state index in [1.54, 1.807) is 25.1 Å². The lowest BCUT2D eigenvalue weighted by atomic mass is 10.1. The summed E-state index contributed by atoms with van der Waals surface area (Å²) >= 11 is 3.42. The van der Waals surface area contributed by atoms with Gasteiger partial charge in [-0.2, -0.15) is 10.1 Å². The van der Waals surface area contributed by atoms with E-state index in [0.29, 0.717) is 32.8 Å². The second-order valence-corrected chi connectivity index (χ2v) is 7.18. The summed E-state index contributed by atoms with van der Waals surface area (Å²) in [5, 5.41) is 14.5. The number of benzene rings is 2. The topological polar surface area (TPSA) is 106 Å². The minimum absolute atomic E-state index is 0.116. The Hall–Kier alpha value is -3.46. The molecule has 1 aliphatic rings. The van der Waals surface area contributed by atoms with Crippen LogP contribution in [0.2, 0.25) is 0 Å². The maximum atomic E-state index is 12.9. The number of hydrogen-bond acceptors (Lipinski definition) is 6. The zero-order chi connectivity index (χ0) is 22.0. The molecule has 8 nitrogen and oxygen atoms in total. The number of hydrogen-bond donors (Lipinski definition) is 1. The molecule has 0 radical (unpaired) electrons. The Morgan fingerprint density at radius 2 is 1.83 bits per heavy atom. The quantitative estimate of drug-likeness (QED) is 0.402. The molecule has 0 fully saturated rings. The number of amides is 1. The number of carbonyl (C=O) groups is 3. The van der Waals surface area contributed by atoms with Gasteiger partial charge in [0, 0.05) is 11.4 Å². The van der Waals surface area contributed by atoms with E-state index >= 15 is 0 Å². The van der Waals surface area contributed by atoms with E-state index in [1.165, 1.54) is 43.3 Å². The van der Waals surface area contributed by atoms with Crippen molar-refractivity contribution < 1.29 is 29.0 Å². The summed E-state index contributed by atoms with van der Waals surface area (Å²) in [6, 6.07) is 9.09. The molecule has 0 bridgehead atoms. The number of carboxylic acid groups (broad SMARTS) is 1. The highest BCUT2D eigenvalue weighted by Gasteiger charge is 2.29. The molecule has 0 atom stereocenters. The Bertz CT molecular complexity index is 1110. The van der Waals surface area contributed by atoms with Gasteiger partial charge in [0.2, 0.25) is 0 Å². The average Bonchev–Trinajstić information content (AvgIpc) is 2.97. The van der Waals surface area contributed by atoms with Crippen LogP contribution in [0, 0.1) is 0 Å². The molecule has 1 heterocycles. The van der Waals surface area contributed by atoms with E-state index in [4.69, 9.17) is 14.6 Å². The van der Waals surface area contributed by atoms with Gasteiger partial charge in [-0.15, -0.1) is 0 Å². The highest BCUT2D eigenvalue weighted by molar-refractivity contribution is 9.10. The number of carbonyl (C=O) groups excluding carboxylic acids is 2. The number of anilines is 1. The summed E-state index contributed by atoms with van der Waals surface area (Å²) in [6.45, 7) is 2.99. The molecule has 0 aromatic heterocycles. The van der Waals surface area contributed by atoms with Crippen molar-refractivity contribution in [3.8, 4) is 11.5 Å². The molecule has 30 heavy (non-hydrogen) atoms. The van der Waals surface area contributed by atoms with Gasteiger partial charge in [0.05, 0.1) is 29.6 Å². The molecule has 0 aliphatic carbocycles. The fourth-order valence-corrected chi connectivity index (χ4v) is 3.25. The van der Waals surface area contributed by atoms with Gasteiger partial charge in [-0.3, -0.25) is 9.59 Å². The molecule has 0 saturated carbocycles. The molecular formula is C21H17BrN2O6. The van der Waals surface area contributed by atoms with Crippen molar-refractivity contribution in [1.82, 2.24) is 0 Å². The third-order valence-corrected chi connectivity index (χ3v) is 4.94. The molecule has 1 aliphatic heterocycles. The lowest BCUT2D eigenvalue weighted by Gasteiger charge is -2.12. The summed E-state index contributed by atoms with van der Waals surface area (Å²) in [4.78, 5) is 35.2. The molecule has 0 spiro atoms. The number of halogens is 1. The number of rotatable bonds is 5. The minimum atomic E-state index is -1.05. The average molecular weight is 473 g/mol. The highest BCUT2D eigenvalue weighted by atomic mass is 79.9. The van der Waals surface area contributed by atoms with Crippen molar-refractivity contribution in [3.05, 3.63) is 57.6 Å². The summed E-state index contributed by atoms with van der Waals surface area (Å²) in [7, 11) is 1.45. The zero-order valence-electron chi connectivity index (χ0n) is 16.3. The second-order valence-electron chi connectivity index (χ2n) is 6.33. The lowest BCUT2D eigenvalue weighted by molar-refractivity contribution is -0.132. The maximum absolute atomic E-state index is 12.9. The number of methoxy groups -OCH3 is 1. The molecule has 0 saturated heterocycles. The fourth-order valence-electron chi connectivity index (χ4n) is 2.82. The van der Waals surface area contributed by atoms with Gasteiger partial charge in [-0.25, -0.2) is 4.79 Å². The number of carboxylic acids is 1. The van der Waals surface area contributed by atoms with Crippen LogP contribution in [0.5, 0.6) is 11.5 Å². The van der Waals surface area contributed by atoms with Crippen LogP contribution in [0.3, 0.4) is 0 Å². The van der Waals surface area contributed by atoms with Crippen molar-refractivity contribution in [2.75, 3.05) is 12.1 Å². The maximum Gasteiger partial charge on any atom is 0.335 e. The Morgan fingerprint density at radius 1 is 1.17 bits per heavy atom. The molecule has 0 unspecified atom stereocenters. The number of ether oxygens (including phenoxy) is 2. The SMILES string of the molecule is COc1cc(/C=C2/C(=O)N(c3ccc(C(=O)O)cc3)N=C2C)c(Br)cc1OC(C)=O.